The summed E-state index contributed by atoms with van der Waals surface area (Å²) in [5, 5.41) is 5.64. The average Bonchev–Trinajstić information content (AvgIpc) is 3.09. The van der Waals surface area contributed by atoms with Crippen molar-refractivity contribution in [1.82, 2.24) is 10.2 Å². The lowest BCUT2D eigenvalue weighted by Gasteiger charge is -2.26. The van der Waals surface area contributed by atoms with Gasteiger partial charge in [-0.2, -0.15) is 0 Å². The molecule has 2 N–H and O–H groups in total. The molecule has 194 valence electrons. The van der Waals surface area contributed by atoms with Gasteiger partial charge in [-0.05, 0) is 48.2 Å². The second-order valence-electron chi connectivity index (χ2n) is 9.34. The molecule has 1 fully saturated rings. The zero-order chi connectivity index (χ0) is 26.1. The lowest BCUT2D eigenvalue weighted by Crippen LogP contribution is -2.36. The van der Waals surface area contributed by atoms with E-state index in [0.717, 1.165) is 17.7 Å². The number of carbonyl (C=O) groups is 3. The maximum Gasteiger partial charge on any atom is 0.253 e. The van der Waals surface area contributed by atoms with Crippen LogP contribution in [0, 0.1) is 11.7 Å². The molecule has 1 aliphatic heterocycles. The minimum absolute atomic E-state index is 0.0970. The van der Waals surface area contributed by atoms with E-state index < -0.39 is 0 Å². The van der Waals surface area contributed by atoms with E-state index in [-0.39, 0.29) is 36.7 Å². The van der Waals surface area contributed by atoms with Gasteiger partial charge in [0.25, 0.3) is 5.91 Å². The van der Waals surface area contributed by atoms with E-state index >= 15 is 0 Å². The Kier molecular flexibility index (Phi) is 9.81. The van der Waals surface area contributed by atoms with Crippen molar-refractivity contribution in [2.24, 2.45) is 5.92 Å². The maximum absolute atomic E-state index is 13.3. The third-order valence-corrected chi connectivity index (χ3v) is 5.94. The molecule has 0 unspecified atom stereocenters. The van der Waals surface area contributed by atoms with Crippen molar-refractivity contribution in [3.05, 3.63) is 59.4 Å². The number of rotatable bonds is 9. The van der Waals surface area contributed by atoms with Crippen LogP contribution in [0.4, 0.5) is 15.8 Å². The van der Waals surface area contributed by atoms with Gasteiger partial charge in [-0.3, -0.25) is 14.4 Å². The van der Waals surface area contributed by atoms with Crippen molar-refractivity contribution in [3.63, 3.8) is 0 Å². The molecule has 0 saturated carbocycles. The van der Waals surface area contributed by atoms with E-state index in [1.165, 1.54) is 19.2 Å². The highest BCUT2D eigenvalue weighted by Crippen LogP contribution is 2.26. The highest BCUT2D eigenvalue weighted by atomic mass is 19.1. The topological polar surface area (TPSA) is 91.0 Å². The van der Waals surface area contributed by atoms with E-state index in [2.05, 4.69) is 15.5 Å². The fourth-order valence-corrected chi connectivity index (χ4v) is 4.17. The van der Waals surface area contributed by atoms with Crippen molar-refractivity contribution in [3.8, 4) is 0 Å². The number of hydrogen-bond donors (Lipinski definition) is 2. The minimum Gasteiger partial charge on any atom is -0.375 e. The average molecular weight is 499 g/mol. The first-order chi connectivity index (χ1) is 17.3. The summed E-state index contributed by atoms with van der Waals surface area (Å²) in [5.74, 6) is -0.519. The number of hydrogen-bond acceptors (Lipinski definition) is 5. The lowest BCUT2D eigenvalue weighted by molar-refractivity contribution is -0.131. The fraction of sp³-hybridized carbons (Fsp3) is 0.444. The van der Waals surface area contributed by atoms with E-state index in [9.17, 15) is 18.8 Å². The number of methoxy groups -OCH3 is 1. The molecular formula is C27H35FN4O4. The molecule has 0 atom stereocenters. The van der Waals surface area contributed by atoms with Gasteiger partial charge in [0.2, 0.25) is 11.8 Å². The molecule has 0 radical (unpaired) electrons. The molecule has 1 aliphatic rings. The second-order valence-corrected chi connectivity index (χ2v) is 9.34. The molecule has 0 bridgehead atoms. The van der Waals surface area contributed by atoms with Crippen LogP contribution in [0.2, 0.25) is 0 Å². The van der Waals surface area contributed by atoms with Crippen LogP contribution in [0.3, 0.4) is 0 Å². The Morgan fingerprint density at radius 1 is 1.03 bits per heavy atom. The van der Waals surface area contributed by atoms with Crippen LogP contribution in [0.1, 0.15) is 42.6 Å². The molecule has 3 amide bonds. The summed E-state index contributed by atoms with van der Waals surface area (Å²) in [6, 6.07) is 11.2. The number of benzene rings is 2. The smallest absolute Gasteiger partial charge is 0.253 e. The summed E-state index contributed by atoms with van der Waals surface area (Å²) < 4.78 is 18.1. The van der Waals surface area contributed by atoms with Gasteiger partial charge in [0, 0.05) is 57.6 Å². The Morgan fingerprint density at radius 2 is 1.78 bits per heavy atom. The zero-order valence-electron chi connectivity index (χ0n) is 21.2. The molecule has 3 rings (SSSR count). The third-order valence-electron chi connectivity index (χ3n) is 5.94. The zero-order valence-corrected chi connectivity index (χ0v) is 21.2. The molecule has 2 aromatic rings. The second kappa shape index (κ2) is 13.0. The van der Waals surface area contributed by atoms with Gasteiger partial charge in [-0.15, -0.1) is 0 Å². The van der Waals surface area contributed by atoms with Gasteiger partial charge in [0.15, 0.2) is 0 Å². The summed E-state index contributed by atoms with van der Waals surface area (Å²) in [4.78, 5) is 41.9. The van der Waals surface area contributed by atoms with Crippen LogP contribution >= 0.6 is 0 Å². The molecule has 9 heteroatoms. The van der Waals surface area contributed by atoms with Crippen LogP contribution in [0.5, 0.6) is 0 Å². The number of anilines is 2. The van der Waals surface area contributed by atoms with Crippen LogP contribution in [-0.2, 0) is 20.9 Å². The Morgan fingerprint density at radius 3 is 2.47 bits per heavy atom. The highest BCUT2D eigenvalue weighted by Gasteiger charge is 2.23. The Hall–Kier alpha value is -3.46. The van der Waals surface area contributed by atoms with Crippen LogP contribution in [0.25, 0.3) is 0 Å². The van der Waals surface area contributed by atoms with Gasteiger partial charge in [-0.1, -0.05) is 26.0 Å². The number of nitrogens with one attached hydrogen (secondary N) is 2. The van der Waals surface area contributed by atoms with Crippen molar-refractivity contribution in [2.45, 2.75) is 33.2 Å². The molecule has 8 nitrogen and oxygen atoms in total. The number of halogens is 1. The van der Waals surface area contributed by atoms with E-state index in [1.807, 2.05) is 24.8 Å². The van der Waals surface area contributed by atoms with Gasteiger partial charge in [0.05, 0.1) is 5.56 Å². The van der Waals surface area contributed by atoms with Crippen LogP contribution < -0.4 is 15.5 Å². The molecular weight excluding hydrogens is 463 g/mol. The summed E-state index contributed by atoms with van der Waals surface area (Å²) in [6.07, 6.45) is 1.31. The number of amides is 3. The lowest BCUT2D eigenvalue weighted by atomic mass is 10.1. The largest absolute Gasteiger partial charge is 0.375 e. The number of carbonyl (C=O) groups excluding carboxylic acids is 3. The summed E-state index contributed by atoms with van der Waals surface area (Å²) in [6.45, 7) is 6.75. The van der Waals surface area contributed by atoms with Crippen molar-refractivity contribution < 1.29 is 23.5 Å². The standard InChI is InChI=1S/C27H35FN4O4/c1-19(2)15-26(34)32-12-4-11-31(13-14-32)24-10-9-22(30-25(33)18-36-3)16-23(24)27(35)29-17-20-5-7-21(28)8-6-20/h5-10,16,19H,4,11-15,17-18H2,1-3H3,(H,29,35)(H,30,33). The highest BCUT2D eigenvalue weighted by molar-refractivity contribution is 6.02. The van der Waals surface area contributed by atoms with Crippen LogP contribution in [-0.4, -0.2) is 62.5 Å². The Bertz CT molecular complexity index is 1060. The Labute approximate surface area is 211 Å². The molecule has 2 aromatic carbocycles. The third kappa shape index (κ3) is 7.78. The first-order valence-electron chi connectivity index (χ1n) is 12.2. The summed E-state index contributed by atoms with van der Waals surface area (Å²) >= 11 is 0. The molecule has 0 aromatic heterocycles. The minimum atomic E-state index is -0.339. The monoisotopic (exact) mass is 498 g/mol. The Balaban J connectivity index is 1.80. The fourth-order valence-electron chi connectivity index (χ4n) is 4.17. The van der Waals surface area contributed by atoms with E-state index in [0.29, 0.717) is 49.8 Å². The predicted molar refractivity (Wildman–Crippen MR) is 137 cm³/mol. The van der Waals surface area contributed by atoms with Crippen molar-refractivity contribution in [1.29, 1.82) is 0 Å². The first-order valence-corrected chi connectivity index (χ1v) is 12.2. The summed E-state index contributed by atoms with van der Waals surface area (Å²) in [7, 11) is 1.44. The SMILES string of the molecule is COCC(=O)Nc1ccc(N2CCCN(C(=O)CC(C)C)CC2)c(C(=O)NCc2ccc(F)cc2)c1. The molecule has 0 aliphatic carbocycles. The molecule has 0 spiro atoms. The van der Waals surface area contributed by atoms with Crippen molar-refractivity contribution in [2.75, 3.05) is 50.1 Å². The van der Waals surface area contributed by atoms with Gasteiger partial charge < -0.3 is 25.2 Å². The molecule has 1 heterocycles. The van der Waals surface area contributed by atoms with E-state index in [4.69, 9.17) is 4.74 Å². The van der Waals surface area contributed by atoms with Crippen LogP contribution in [0.15, 0.2) is 42.5 Å². The molecule has 36 heavy (non-hydrogen) atoms. The van der Waals surface area contributed by atoms with Gasteiger partial charge in [0.1, 0.15) is 12.4 Å². The van der Waals surface area contributed by atoms with Gasteiger partial charge in [-0.25, -0.2) is 4.39 Å². The quantitative estimate of drug-likeness (QED) is 0.553. The summed E-state index contributed by atoms with van der Waals surface area (Å²) in [5.41, 5.74) is 2.39. The van der Waals surface area contributed by atoms with E-state index in [1.54, 1.807) is 24.3 Å². The normalized spacial score (nSPS) is 13.9. The van der Waals surface area contributed by atoms with Crippen molar-refractivity contribution >= 4 is 29.1 Å². The van der Waals surface area contributed by atoms with Gasteiger partial charge >= 0.3 is 0 Å². The predicted octanol–water partition coefficient (Wildman–Crippen LogP) is 3.43. The number of ether oxygens (including phenoxy) is 1. The number of nitrogens with zero attached hydrogens (tertiary/aromatic N) is 2. The molecule has 1 saturated heterocycles. The first kappa shape index (κ1) is 27.1. The maximum atomic E-state index is 13.3.